The van der Waals surface area contributed by atoms with Gasteiger partial charge in [0.15, 0.2) is 4.80 Å². The lowest BCUT2D eigenvalue weighted by molar-refractivity contribution is -0.143. The Bertz CT molecular complexity index is 1990. The van der Waals surface area contributed by atoms with Gasteiger partial charge in [-0.25, -0.2) is 14.2 Å². The van der Waals surface area contributed by atoms with Crippen molar-refractivity contribution in [3.63, 3.8) is 0 Å². The molecule has 0 radical (unpaired) electrons. The molecule has 0 saturated carbocycles. The summed E-state index contributed by atoms with van der Waals surface area (Å²) in [5.41, 5.74) is 2.59. The number of aromatic nitrogens is 1. The third-order valence-corrected chi connectivity index (χ3v) is 8.48. The smallest absolute Gasteiger partial charge is 0.338 e. The third-order valence-electron chi connectivity index (χ3n) is 7.43. The molecule has 1 aromatic heterocycles. The number of nitrogens with zero attached hydrogens (tertiary/aromatic N) is 3. The first-order chi connectivity index (χ1) is 20.7. The first-order valence-corrected chi connectivity index (χ1v) is 14.6. The van der Waals surface area contributed by atoms with Gasteiger partial charge in [0.1, 0.15) is 16.1 Å². The van der Waals surface area contributed by atoms with Crippen molar-refractivity contribution in [1.29, 1.82) is 0 Å². The first-order valence-electron chi connectivity index (χ1n) is 13.7. The molecule has 1 amide bonds. The highest BCUT2D eigenvalue weighted by Gasteiger charge is 2.37. The number of carbonyl (C=O) groups excluding carboxylic acids is 2. The number of hydrogen-bond donors (Lipinski definition) is 0. The Kier molecular flexibility index (Phi) is 7.31. The van der Waals surface area contributed by atoms with Crippen molar-refractivity contribution in [2.24, 2.45) is 4.99 Å². The second kappa shape index (κ2) is 11.1. The zero-order valence-electron chi connectivity index (χ0n) is 24.0. The molecule has 10 heteroatoms. The van der Waals surface area contributed by atoms with Gasteiger partial charge < -0.3 is 14.4 Å². The number of carbonyl (C=O) groups is 2. The Morgan fingerprint density at radius 1 is 1.02 bits per heavy atom. The Labute approximate surface area is 250 Å². The van der Waals surface area contributed by atoms with E-state index in [0.717, 1.165) is 11.3 Å². The van der Waals surface area contributed by atoms with Crippen LogP contribution in [-0.4, -0.2) is 29.7 Å². The Morgan fingerprint density at radius 3 is 2.42 bits per heavy atom. The van der Waals surface area contributed by atoms with E-state index in [1.54, 1.807) is 94.6 Å². The lowest BCUT2D eigenvalue weighted by atomic mass is 9.95. The summed E-state index contributed by atoms with van der Waals surface area (Å²) in [5, 5.41) is 0. The standard InChI is InChI=1S/C33H28FN3O5S/c1-18(2)42-32(40)26-19(3)35-33-37(28(26)20-13-15-22(41-4)16-14-20)31(39)29(43-33)27-23-10-6-8-12-25(23)36(30(27)38)17-21-9-5-7-11-24(21)34/h5-16,18,28H,17H2,1-4H3. The number of anilines is 1. The van der Waals surface area contributed by atoms with Crippen molar-refractivity contribution >= 4 is 34.5 Å². The second-order valence-corrected chi connectivity index (χ2v) is 11.5. The number of rotatable bonds is 6. The van der Waals surface area contributed by atoms with Crippen LogP contribution in [0.5, 0.6) is 5.75 Å². The first kappa shape index (κ1) is 28.3. The van der Waals surface area contributed by atoms with E-state index in [2.05, 4.69) is 4.99 Å². The van der Waals surface area contributed by atoms with Crippen LogP contribution in [0, 0.1) is 5.82 Å². The highest BCUT2D eigenvalue weighted by molar-refractivity contribution is 7.07. The van der Waals surface area contributed by atoms with E-state index >= 15 is 0 Å². The van der Waals surface area contributed by atoms with Crippen LogP contribution in [0.1, 0.15) is 43.5 Å². The fraction of sp³-hybridized carbons (Fsp3) is 0.212. The van der Waals surface area contributed by atoms with Crippen LogP contribution in [-0.2, 0) is 20.9 Å². The van der Waals surface area contributed by atoms with Gasteiger partial charge >= 0.3 is 5.97 Å². The van der Waals surface area contributed by atoms with Crippen molar-refractivity contribution in [3.8, 4) is 5.75 Å². The van der Waals surface area contributed by atoms with Gasteiger partial charge in [0.25, 0.3) is 11.5 Å². The molecule has 0 N–H and O–H groups in total. The molecule has 0 aliphatic carbocycles. The van der Waals surface area contributed by atoms with Crippen LogP contribution < -0.4 is 24.5 Å². The van der Waals surface area contributed by atoms with Gasteiger partial charge in [0, 0.05) is 11.1 Å². The predicted molar refractivity (Wildman–Crippen MR) is 161 cm³/mol. The van der Waals surface area contributed by atoms with Gasteiger partial charge in [-0.1, -0.05) is 59.9 Å². The van der Waals surface area contributed by atoms with Crippen molar-refractivity contribution in [3.05, 3.63) is 126 Å². The maximum absolute atomic E-state index is 14.6. The van der Waals surface area contributed by atoms with Crippen molar-refractivity contribution < 1.29 is 23.5 Å². The summed E-state index contributed by atoms with van der Waals surface area (Å²) in [4.78, 5) is 48.2. The summed E-state index contributed by atoms with van der Waals surface area (Å²) in [5.74, 6) is -0.788. The maximum atomic E-state index is 14.6. The topological polar surface area (TPSA) is 90.2 Å². The summed E-state index contributed by atoms with van der Waals surface area (Å²) < 4.78 is 27.1. The van der Waals surface area contributed by atoms with Crippen LogP contribution in [0.3, 0.4) is 0 Å². The lowest BCUT2D eigenvalue weighted by Crippen LogP contribution is -2.41. The number of esters is 1. The normalized spacial score (nSPS) is 17.1. The van der Waals surface area contributed by atoms with Crippen LogP contribution in [0.4, 0.5) is 10.1 Å². The van der Waals surface area contributed by atoms with Gasteiger partial charge in [-0.05, 0) is 50.6 Å². The number of benzene rings is 3. The Hall–Kier alpha value is -4.83. The maximum Gasteiger partial charge on any atom is 0.338 e. The number of amides is 1. The van der Waals surface area contributed by atoms with E-state index in [1.807, 2.05) is 0 Å². The number of hydrogen-bond acceptors (Lipinski definition) is 7. The molecular formula is C33H28FN3O5S. The number of ether oxygens (including phenoxy) is 2. The van der Waals surface area contributed by atoms with Gasteiger partial charge in [-0.3, -0.25) is 14.2 Å². The zero-order chi connectivity index (χ0) is 30.4. The van der Waals surface area contributed by atoms with E-state index in [-0.39, 0.29) is 28.3 Å². The molecule has 218 valence electrons. The van der Waals surface area contributed by atoms with Crippen LogP contribution in [0.15, 0.2) is 93.9 Å². The number of fused-ring (bicyclic) bond motifs is 2. The number of halogens is 1. The number of allylic oxidation sites excluding steroid dienone is 1. The van der Waals surface area contributed by atoms with Gasteiger partial charge in [0.2, 0.25) is 0 Å². The largest absolute Gasteiger partial charge is 0.497 e. The van der Waals surface area contributed by atoms with E-state index < -0.39 is 29.3 Å². The molecule has 0 spiro atoms. The van der Waals surface area contributed by atoms with Crippen molar-refractivity contribution in [2.75, 3.05) is 12.0 Å². The predicted octanol–water partition coefficient (Wildman–Crippen LogP) is 4.25. The van der Waals surface area contributed by atoms with Gasteiger partial charge in [-0.2, -0.15) is 0 Å². The minimum Gasteiger partial charge on any atom is -0.497 e. The van der Waals surface area contributed by atoms with Gasteiger partial charge in [0.05, 0.1) is 48.3 Å². The molecule has 0 fully saturated rings. The molecule has 8 nitrogen and oxygen atoms in total. The van der Waals surface area contributed by atoms with Crippen LogP contribution in [0.2, 0.25) is 0 Å². The number of thiazole rings is 1. The average molecular weight is 598 g/mol. The zero-order valence-corrected chi connectivity index (χ0v) is 24.8. The molecule has 2 aliphatic rings. The summed E-state index contributed by atoms with van der Waals surface area (Å²) in [6.07, 6.45) is -0.385. The molecule has 3 heterocycles. The number of methoxy groups -OCH3 is 1. The van der Waals surface area contributed by atoms with E-state index in [1.165, 1.54) is 15.5 Å². The molecule has 0 bridgehead atoms. The molecular weight excluding hydrogens is 569 g/mol. The molecule has 1 atom stereocenters. The molecule has 2 aliphatic heterocycles. The minimum absolute atomic E-state index is 0.00312. The Morgan fingerprint density at radius 2 is 1.72 bits per heavy atom. The van der Waals surface area contributed by atoms with E-state index in [0.29, 0.717) is 38.6 Å². The second-order valence-electron chi connectivity index (χ2n) is 10.5. The average Bonchev–Trinajstić information content (AvgIpc) is 3.45. The van der Waals surface area contributed by atoms with Crippen molar-refractivity contribution in [1.82, 2.24) is 4.57 Å². The quantitative estimate of drug-likeness (QED) is 0.310. The molecule has 1 unspecified atom stereocenters. The van der Waals surface area contributed by atoms with E-state index in [9.17, 15) is 18.8 Å². The SMILES string of the molecule is COc1ccc(C2C(C(=O)OC(C)C)=C(C)N=c3sc(=C4C(=O)N(Cc5ccccc5F)c5ccccc54)c(=O)n32)cc1. The minimum atomic E-state index is -0.843. The molecule has 6 rings (SSSR count). The third kappa shape index (κ3) is 4.87. The molecule has 43 heavy (non-hydrogen) atoms. The Balaban J connectivity index is 1.57. The highest BCUT2D eigenvalue weighted by atomic mass is 32.1. The number of para-hydroxylation sites is 1. The fourth-order valence-electron chi connectivity index (χ4n) is 5.47. The lowest BCUT2D eigenvalue weighted by Gasteiger charge is -2.25. The van der Waals surface area contributed by atoms with Gasteiger partial charge in [-0.15, -0.1) is 0 Å². The highest BCUT2D eigenvalue weighted by Crippen LogP contribution is 2.37. The molecule has 0 saturated heterocycles. The summed E-state index contributed by atoms with van der Waals surface area (Å²) in [7, 11) is 1.56. The summed E-state index contributed by atoms with van der Waals surface area (Å²) in [6.45, 7) is 5.22. The molecule has 3 aromatic carbocycles. The van der Waals surface area contributed by atoms with Crippen LogP contribution in [0.25, 0.3) is 5.57 Å². The van der Waals surface area contributed by atoms with Crippen LogP contribution >= 0.6 is 11.3 Å². The van der Waals surface area contributed by atoms with E-state index in [4.69, 9.17) is 9.47 Å². The molecule has 4 aromatic rings. The monoisotopic (exact) mass is 597 g/mol. The summed E-state index contributed by atoms with van der Waals surface area (Å²) in [6, 6.07) is 19.7. The van der Waals surface area contributed by atoms with Crippen molar-refractivity contribution in [2.45, 2.75) is 39.5 Å². The summed E-state index contributed by atoms with van der Waals surface area (Å²) >= 11 is 1.09. The fourth-order valence-corrected chi connectivity index (χ4v) is 6.60.